The highest BCUT2D eigenvalue weighted by atomic mass is 79.9. The first-order valence-electron chi connectivity index (χ1n) is 5.79. The summed E-state index contributed by atoms with van der Waals surface area (Å²) in [4.78, 5) is 0. The standard InChI is InChI=1S/C13H12BrF3O2/c14-9-4-1-3-8-7-11(19-12(8)9)10(18)5-2-6-13(15,16)17/h1,3-4,7,10,18H,2,5-6H2. The fraction of sp³-hybridized carbons (Fsp3) is 0.385. The molecule has 0 aliphatic rings. The molecule has 0 amide bonds. The summed E-state index contributed by atoms with van der Waals surface area (Å²) in [5, 5.41) is 10.6. The first-order valence-corrected chi connectivity index (χ1v) is 6.59. The highest BCUT2D eigenvalue weighted by Gasteiger charge is 2.27. The zero-order valence-corrected chi connectivity index (χ0v) is 11.5. The molecule has 1 aromatic carbocycles. The molecule has 19 heavy (non-hydrogen) atoms. The second kappa shape index (κ2) is 5.54. The van der Waals surface area contributed by atoms with E-state index in [2.05, 4.69) is 15.9 Å². The topological polar surface area (TPSA) is 33.4 Å². The molecule has 0 spiro atoms. The normalized spacial score (nSPS) is 13.9. The first kappa shape index (κ1) is 14.4. The molecule has 0 radical (unpaired) electrons. The minimum absolute atomic E-state index is 0.0248. The molecular formula is C13H12BrF3O2. The molecule has 0 fully saturated rings. The Balaban J connectivity index is 2.05. The Morgan fingerprint density at radius 2 is 2.05 bits per heavy atom. The summed E-state index contributed by atoms with van der Waals surface area (Å²) < 4.78 is 42.3. The number of hydrogen-bond donors (Lipinski definition) is 1. The number of hydrogen-bond acceptors (Lipinski definition) is 2. The third kappa shape index (κ3) is 3.73. The van der Waals surface area contributed by atoms with Crippen molar-refractivity contribution in [2.45, 2.75) is 31.5 Å². The van der Waals surface area contributed by atoms with Crippen LogP contribution in [0.3, 0.4) is 0 Å². The maximum absolute atomic E-state index is 12.0. The second-order valence-electron chi connectivity index (χ2n) is 4.33. The number of benzene rings is 1. The van der Waals surface area contributed by atoms with E-state index in [1.165, 1.54) is 0 Å². The first-order chi connectivity index (χ1) is 8.87. The Kier molecular flexibility index (Phi) is 4.20. The van der Waals surface area contributed by atoms with Crippen LogP contribution in [-0.4, -0.2) is 11.3 Å². The number of halogens is 4. The van der Waals surface area contributed by atoms with Gasteiger partial charge in [-0.25, -0.2) is 0 Å². The number of rotatable bonds is 4. The molecule has 2 aromatic rings. The third-order valence-electron chi connectivity index (χ3n) is 2.78. The van der Waals surface area contributed by atoms with Crippen molar-refractivity contribution < 1.29 is 22.7 Å². The van der Waals surface area contributed by atoms with Crippen molar-refractivity contribution in [3.63, 3.8) is 0 Å². The van der Waals surface area contributed by atoms with Gasteiger partial charge in [-0.15, -0.1) is 0 Å². The number of para-hydroxylation sites is 1. The van der Waals surface area contributed by atoms with Crippen molar-refractivity contribution in [2.75, 3.05) is 0 Å². The monoisotopic (exact) mass is 336 g/mol. The fourth-order valence-electron chi connectivity index (χ4n) is 1.85. The molecule has 0 saturated heterocycles. The van der Waals surface area contributed by atoms with Crippen molar-refractivity contribution >= 4 is 26.9 Å². The van der Waals surface area contributed by atoms with Gasteiger partial charge < -0.3 is 9.52 Å². The van der Waals surface area contributed by atoms with Crippen molar-refractivity contribution in [1.82, 2.24) is 0 Å². The molecule has 0 bridgehead atoms. The van der Waals surface area contributed by atoms with Gasteiger partial charge in [-0.05, 0) is 40.9 Å². The molecule has 2 rings (SSSR count). The van der Waals surface area contributed by atoms with Crippen LogP contribution in [0.5, 0.6) is 0 Å². The third-order valence-corrected chi connectivity index (χ3v) is 3.41. The van der Waals surface area contributed by atoms with Crippen LogP contribution in [0.25, 0.3) is 11.0 Å². The molecular weight excluding hydrogens is 325 g/mol. The number of aliphatic hydroxyl groups is 1. The summed E-state index contributed by atoms with van der Waals surface area (Å²) in [6.45, 7) is 0. The molecule has 1 unspecified atom stereocenters. The van der Waals surface area contributed by atoms with Crippen LogP contribution in [0.4, 0.5) is 13.2 Å². The predicted molar refractivity (Wildman–Crippen MR) is 68.8 cm³/mol. The number of furan rings is 1. The van der Waals surface area contributed by atoms with E-state index in [0.29, 0.717) is 11.3 Å². The smallest absolute Gasteiger partial charge is 0.389 e. The Labute approximate surface area is 116 Å². The van der Waals surface area contributed by atoms with Crippen molar-refractivity contribution in [1.29, 1.82) is 0 Å². The van der Waals surface area contributed by atoms with Crippen LogP contribution in [-0.2, 0) is 0 Å². The van der Waals surface area contributed by atoms with E-state index in [-0.39, 0.29) is 12.8 Å². The molecule has 0 aliphatic carbocycles. The lowest BCUT2D eigenvalue weighted by Crippen LogP contribution is -2.07. The zero-order valence-electron chi connectivity index (χ0n) is 9.88. The van der Waals surface area contributed by atoms with Gasteiger partial charge in [0.15, 0.2) is 0 Å². The Hall–Kier alpha value is -1.01. The van der Waals surface area contributed by atoms with Crippen LogP contribution >= 0.6 is 15.9 Å². The molecule has 6 heteroatoms. The summed E-state index contributed by atoms with van der Waals surface area (Å²) in [7, 11) is 0. The molecule has 1 N–H and O–H groups in total. The summed E-state index contributed by atoms with van der Waals surface area (Å²) in [6.07, 6.45) is -6.19. The van der Waals surface area contributed by atoms with E-state index in [1.54, 1.807) is 12.1 Å². The fourth-order valence-corrected chi connectivity index (χ4v) is 2.31. The maximum Gasteiger partial charge on any atom is 0.389 e. The van der Waals surface area contributed by atoms with Crippen LogP contribution in [0, 0.1) is 0 Å². The minimum atomic E-state index is -4.18. The van der Waals surface area contributed by atoms with Crippen LogP contribution in [0.2, 0.25) is 0 Å². The van der Waals surface area contributed by atoms with E-state index < -0.39 is 18.7 Å². The van der Waals surface area contributed by atoms with Gasteiger partial charge >= 0.3 is 6.18 Å². The van der Waals surface area contributed by atoms with E-state index in [4.69, 9.17) is 4.42 Å². The van der Waals surface area contributed by atoms with Gasteiger partial charge in [0, 0.05) is 11.8 Å². The highest BCUT2D eigenvalue weighted by molar-refractivity contribution is 9.10. The minimum Gasteiger partial charge on any atom is -0.457 e. The van der Waals surface area contributed by atoms with Crippen molar-refractivity contribution in [2.24, 2.45) is 0 Å². The maximum atomic E-state index is 12.0. The van der Waals surface area contributed by atoms with E-state index >= 15 is 0 Å². The lowest BCUT2D eigenvalue weighted by atomic mass is 10.1. The van der Waals surface area contributed by atoms with Gasteiger partial charge in [-0.1, -0.05) is 12.1 Å². The van der Waals surface area contributed by atoms with Crippen molar-refractivity contribution in [3.05, 3.63) is 34.5 Å². The van der Waals surface area contributed by atoms with Gasteiger partial charge in [-0.2, -0.15) is 13.2 Å². The number of fused-ring (bicyclic) bond motifs is 1. The molecule has 2 nitrogen and oxygen atoms in total. The quantitative estimate of drug-likeness (QED) is 0.855. The molecule has 1 atom stereocenters. The zero-order chi connectivity index (χ0) is 14.0. The Morgan fingerprint density at radius 1 is 1.32 bits per heavy atom. The molecule has 0 aliphatic heterocycles. The SMILES string of the molecule is OC(CCCC(F)(F)F)c1cc2cccc(Br)c2o1. The largest absolute Gasteiger partial charge is 0.457 e. The van der Waals surface area contributed by atoms with E-state index in [1.807, 2.05) is 12.1 Å². The van der Waals surface area contributed by atoms with Gasteiger partial charge in [0.25, 0.3) is 0 Å². The van der Waals surface area contributed by atoms with E-state index in [9.17, 15) is 18.3 Å². The lowest BCUT2D eigenvalue weighted by molar-refractivity contribution is -0.136. The Bertz CT molecular complexity index is 563. The predicted octanol–water partition coefficient (Wildman–Crippen LogP) is 4.96. The van der Waals surface area contributed by atoms with Gasteiger partial charge in [0.1, 0.15) is 17.4 Å². The summed E-state index contributed by atoms with van der Waals surface area (Å²) in [5.41, 5.74) is 0.590. The molecule has 1 aromatic heterocycles. The number of alkyl halides is 3. The van der Waals surface area contributed by atoms with Crippen LogP contribution in [0.15, 0.2) is 33.2 Å². The van der Waals surface area contributed by atoms with Gasteiger partial charge in [0.05, 0.1) is 4.47 Å². The molecule has 1 heterocycles. The summed E-state index contributed by atoms with van der Waals surface area (Å²) >= 11 is 3.31. The lowest BCUT2D eigenvalue weighted by Gasteiger charge is -2.09. The second-order valence-corrected chi connectivity index (χ2v) is 5.18. The molecule has 104 valence electrons. The summed E-state index contributed by atoms with van der Waals surface area (Å²) in [5.74, 6) is 0.295. The van der Waals surface area contributed by atoms with Crippen LogP contribution in [0.1, 0.15) is 31.1 Å². The van der Waals surface area contributed by atoms with Crippen molar-refractivity contribution in [3.8, 4) is 0 Å². The molecule has 0 saturated carbocycles. The highest BCUT2D eigenvalue weighted by Crippen LogP contribution is 2.32. The number of aliphatic hydroxyl groups excluding tert-OH is 1. The van der Waals surface area contributed by atoms with Gasteiger partial charge in [0.2, 0.25) is 0 Å². The van der Waals surface area contributed by atoms with Gasteiger partial charge in [-0.3, -0.25) is 0 Å². The van der Waals surface area contributed by atoms with Crippen LogP contribution < -0.4 is 0 Å². The average Bonchev–Trinajstić information content (AvgIpc) is 2.72. The average molecular weight is 337 g/mol. The Morgan fingerprint density at radius 3 is 2.68 bits per heavy atom. The summed E-state index contributed by atoms with van der Waals surface area (Å²) in [6, 6.07) is 7.08. The van der Waals surface area contributed by atoms with E-state index in [0.717, 1.165) is 9.86 Å².